The Balaban J connectivity index is 1.79. The summed E-state index contributed by atoms with van der Waals surface area (Å²) in [6, 6.07) is 3.50. The molecule has 0 aromatic carbocycles. The first-order valence-corrected chi connectivity index (χ1v) is 7.96. The second-order valence-corrected chi connectivity index (χ2v) is 7.00. The highest BCUT2D eigenvalue weighted by molar-refractivity contribution is 5.93. The molecule has 0 radical (unpaired) electrons. The van der Waals surface area contributed by atoms with E-state index < -0.39 is 0 Å². The molecule has 0 bridgehead atoms. The molecule has 1 amide bonds. The van der Waals surface area contributed by atoms with Crippen molar-refractivity contribution in [2.45, 2.75) is 33.2 Å². The van der Waals surface area contributed by atoms with Crippen LogP contribution < -0.4 is 10.6 Å². The first-order valence-electron chi connectivity index (χ1n) is 7.96. The molecule has 0 unspecified atom stereocenters. The van der Waals surface area contributed by atoms with Crippen LogP contribution in [0, 0.1) is 5.41 Å². The molecule has 2 heterocycles. The Bertz CT molecular complexity index is 580. The van der Waals surface area contributed by atoms with E-state index in [4.69, 9.17) is 0 Å². The van der Waals surface area contributed by atoms with E-state index in [-0.39, 0.29) is 16.9 Å². The largest absolute Gasteiger partial charge is 0.354 e. The number of aromatic nitrogens is 1. The van der Waals surface area contributed by atoms with Crippen LogP contribution in [0.15, 0.2) is 29.5 Å². The summed E-state index contributed by atoms with van der Waals surface area (Å²) in [6.45, 7) is 11.1. The molecule has 23 heavy (non-hydrogen) atoms. The Morgan fingerprint density at radius 2 is 2.00 bits per heavy atom. The van der Waals surface area contributed by atoms with Crippen molar-refractivity contribution >= 4 is 11.9 Å². The summed E-state index contributed by atoms with van der Waals surface area (Å²) >= 11 is 0. The molecular formula is C17H27N5O. The fourth-order valence-corrected chi connectivity index (χ4v) is 2.64. The van der Waals surface area contributed by atoms with Gasteiger partial charge in [0.15, 0.2) is 5.96 Å². The number of likely N-dealkylation sites (tertiary alicyclic amines) is 1. The Morgan fingerprint density at radius 1 is 1.30 bits per heavy atom. The average molecular weight is 317 g/mol. The molecule has 0 saturated carbocycles. The van der Waals surface area contributed by atoms with Gasteiger partial charge >= 0.3 is 0 Å². The first-order chi connectivity index (χ1) is 10.8. The molecule has 0 aliphatic carbocycles. The number of nitrogens with one attached hydrogen (secondary N) is 2. The van der Waals surface area contributed by atoms with Crippen LogP contribution in [-0.2, 0) is 0 Å². The summed E-state index contributed by atoms with van der Waals surface area (Å²) < 4.78 is 0. The summed E-state index contributed by atoms with van der Waals surface area (Å²) in [5.74, 6) is 0.769. The monoisotopic (exact) mass is 317 g/mol. The van der Waals surface area contributed by atoms with Crippen LogP contribution in [0.1, 0.15) is 38.1 Å². The lowest BCUT2D eigenvalue weighted by atomic mass is 9.65. The maximum atomic E-state index is 11.9. The summed E-state index contributed by atoms with van der Waals surface area (Å²) in [5.41, 5.74) is 0.898. The van der Waals surface area contributed by atoms with Crippen LogP contribution in [0.5, 0.6) is 0 Å². The van der Waals surface area contributed by atoms with Crippen molar-refractivity contribution in [3.05, 3.63) is 30.1 Å². The van der Waals surface area contributed by atoms with Gasteiger partial charge in [-0.1, -0.05) is 13.8 Å². The van der Waals surface area contributed by atoms with Gasteiger partial charge in [0.1, 0.15) is 0 Å². The van der Waals surface area contributed by atoms with E-state index >= 15 is 0 Å². The Hall–Kier alpha value is -2.11. The highest BCUT2D eigenvalue weighted by Crippen LogP contribution is 2.46. The standard InChI is InChI=1S/C17H27N5O/c1-16(2)12-22(17(16,3)4)15(18-5)21-10-9-20-14(23)13-7-6-8-19-11-13/h6-8,11H,9-10,12H2,1-5H3,(H,18,21)(H,20,23). The molecule has 1 saturated heterocycles. The Morgan fingerprint density at radius 3 is 2.52 bits per heavy atom. The quantitative estimate of drug-likeness (QED) is 0.502. The molecule has 126 valence electrons. The number of guanidine groups is 1. The summed E-state index contributed by atoms with van der Waals surface area (Å²) in [7, 11) is 1.79. The van der Waals surface area contributed by atoms with E-state index in [1.807, 2.05) is 0 Å². The highest BCUT2D eigenvalue weighted by atomic mass is 16.1. The van der Waals surface area contributed by atoms with Gasteiger partial charge in [-0.05, 0) is 26.0 Å². The van der Waals surface area contributed by atoms with E-state index in [0.717, 1.165) is 12.5 Å². The zero-order valence-electron chi connectivity index (χ0n) is 14.7. The van der Waals surface area contributed by atoms with E-state index in [9.17, 15) is 4.79 Å². The number of carbonyl (C=O) groups excluding carboxylic acids is 1. The van der Waals surface area contributed by atoms with Crippen LogP contribution in [0.2, 0.25) is 0 Å². The molecule has 1 fully saturated rings. The van der Waals surface area contributed by atoms with E-state index in [2.05, 4.69) is 53.2 Å². The fraction of sp³-hybridized carbons (Fsp3) is 0.588. The SMILES string of the molecule is CN=C(NCCNC(=O)c1cccnc1)N1CC(C)(C)C1(C)C. The highest BCUT2D eigenvalue weighted by Gasteiger charge is 2.53. The van der Waals surface area contributed by atoms with E-state index in [1.165, 1.54) is 0 Å². The number of nitrogens with zero attached hydrogens (tertiary/aromatic N) is 3. The molecule has 1 aromatic rings. The predicted octanol–water partition coefficient (Wildman–Crippen LogP) is 1.51. The van der Waals surface area contributed by atoms with E-state index in [1.54, 1.807) is 31.6 Å². The van der Waals surface area contributed by atoms with Crippen molar-refractivity contribution in [2.75, 3.05) is 26.7 Å². The topological polar surface area (TPSA) is 69.6 Å². The molecule has 0 spiro atoms. The number of rotatable bonds is 4. The van der Waals surface area contributed by atoms with Crippen LogP contribution >= 0.6 is 0 Å². The van der Waals surface area contributed by atoms with Gasteiger partial charge in [-0.15, -0.1) is 0 Å². The minimum absolute atomic E-state index is 0.0633. The number of pyridine rings is 1. The van der Waals surface area contributed by atoms with Crippen molar-refractivity contribution in [3.63, 3.8) is 0 Å². The van der Waals surface area contributed by atoms with Gasteiger partial charge in [0, 0.05) is 50.0 Å². The van der Waals surface area contributed by atoms with E-state index in [0.29, 0.717) is 18.7 Å². The molecule has 0 atom stereocenters. The van der Waals surface area contributed by atoms with Crippen molar-refractivity contribution in [1.82, 2.24) is 20.5 Å². The van der Waals surface area contributed by atoms with Gasteiger partial charge in [0.2, 0.25) is 0 Å². The molecular weight excluding hydrogens is 290 g/mol. The van der Waals surface area contributed by atoms with Crippen LogP contribution in [0.3, 0.4) is 0 Å². The van der Waals surface area contributed by atoms with Gasteiger partial charge in [0.05, 0.1) is 5.56 Å². The maximum Gasteiger partial charge on any atom is 0.252 e. The third-order valence-corrected chi connectivity index (χ3v) is 4.97. The lowest BCUT2D eigenvalue weighted by Gasteiger charge is -2.62. The lowest BCUT2D eigenvalue weighted by Crippen LogP contribution is -2.72. The van der Waals surface area contributed by atoms with Crippen LogP contribution in [-0.4, -0.2) is 54.0 Å². The molecule has 6 heteroatoms. The minimum atomic E-state index is -0.111. The Kier molecular flexibility index (Phi) is 4.92. The zero-order valence-corrected chi connectivity index (χ0v) is 14.7. The van der Waals surface area contributed by atoms with Gasteiger partial charge < -0.3 is 15.5 Å². The first kappa shape index (κ1) is 17.2. The number of hydrogen-bond acceptors (Lipinski definition) is 3. The molecule has 1 aliphatic rings. The molecule has 1 aliphatic heterocycles. The van der Waals surface area contributed by atoms with Gasteiger partial charge in [-0.3, -0.25) is 14.8 Å². The number of aliphatic imine (C=N–C) groups is 1. The normalized spacial score (nSPS) is 19.0. The fourth-order valence-electron chi connectivity index (χ4n) is 2.64. The molecule has 6 nitrogen and oxygen atoms in total. The summed E-state index contributed by atoms with van der Waals surface area (Å²) in [6.07, 6.45) is 3.21. The summed E-state index contributed by atoms with van der Waals surface area (Å²) in [5, 5.41) is 6.19. The second-order valence-electron chi connectivity index (χ2n) is 7.00. The average Bonchev–Trinajstić information content (AvgIpc) is 2.54. The maximum absolute atomic E-state index is 11.9. The van der Waals surface area contributed by atoms with Crippen LogP contribution in [0.25, 0.3) is 0 Å². The Labute approximate surface area is 138 Å². The number of amides is 1. The second kappa shape index (κ2) is 6.56. The minimum Gasteiger partial charge on any atom is -0.354 e. The lowest BCUT2D eigenvalue weighted by molar-refractivity contribution is -0.0666. The van der Waals surface area contributed by atoms with Crippen molar-refractivity contribution in [2.24, 2.45) is 10.4 Å². The van der Waals surface area contributed by atoms with Crippen molar-refractivity contribution in [1.29, 1.82) is 0 Å². The molecule has 2 N–H and O–H groups in total. The van der Waals surface area contributed by atoms with Crippen LogP contribution in [0.4, 0.5) is 0 Å². The predicted molar refractivity (Wildman–Crippen MR) is 92.5 cm³/mol. The van der Waals surface area contributed by atoms with Crippen molar-refractivity contribution in [3.8, 4) is 0 Å². The molecule has 2 rings (SSSR count). The molecule has 1 aromatic heterocycles. The third kappa shape index (κ3) is 3.46. The smallest absolute Gasteiger partial charge is 0.252 e. The van der Waals surface area contributed by atoms with Gasteiger partial charge in [-0.25, -0.2) is 0 Å². The van der Waals surface area contributed by atoms with Gasteiger partial charge in [0.25, 0.3) is 5.91 Å². The summed E-state index contributed by atoms with van der Waals surface area (Å²) in [4.78, 5) is 22.5. The zero-order chi connectivity index (χ0) is 17.1. The van der Waals surface area contributed by atoms with Crippen molar-refractivity contribution < 1.29 is 4.79 Å². The third-order valence-electron chi connectivity index (χ3n) is 4.97. The van der Waals surface area contributed by atoms with Gasteiger partial charge in [-0.2, -0.15) is 0 Å². The number of carbonyl (C=O) groups is 1. The number of hydrogen-bond donors (Lipinski definition) is 2.